The van der Waals surface area contributed by atoms with Crippen LogP contribution in [0.4, 0.5) is 11.4 Å². The largest absolute Gasteiger partial charge is 0.325 e. The standard InChI is InChI=1S/C20H23ClN2O2/c1-4-16-9-7-8-14(2)20(16)23(15(3)24)13-12-19(25)22-18-11-6-5-10-17(18)21/h5-11H,4,12-13H2,1-3H3,(H,22,25). The maximum Gasteiger partial charge on any atom is 0.226 e. The average Bonchev–Trinajstić information content (AvgIpc) is 2.58. The number of para-hydroxylation sites is 2. The molecule has 2 aromatic carbocycles. The maximum atomic E-state index is 12.3. The summed E-state index contributed by atoms with van der Waals surface area (Å²) >= 11 is 6.06. The number of hydrogen-bond donors (Lipinski definition) is 1. The molecule has 0 atom stereocenters. The molecular formula is C20H23ClN2O2. The number of carbonyl (C=O) groups excluding carboxylic acids is 2. The molecule has 0 aromatic heterocycles. The van der Waals surface area contributed by atoms with Crippen LogP contribution >= 0.6 is 11.6 Å². The number of hydrogen-bond acceptors (Lipinski definition) is 2. The molecule has 0 unspecified atom stereocenters. The highest BCUT2D eigenvalue weighted by atomic mass is 35.5. The molecule has 25 heavy (non-hydrogen) atoms. The number of benzene rings is 2. The van der Waals surface area contributed by atoms with Gasteiger partial charge in [-0.15, -0.1) is 0 Å². The predicted molar refractivity (Wildman–Crippen MR) is 103 cm³/mol. The van der Waals surface area contributed by atoms with Crippen molar-refractivity contribution in [2.24, 2.45) is 0 Å². The van der Waals surface area contributed by atoms with Crippen LogP contribution in [0.3, 0.4) is 0 Å². The molecule has 0 spiro atoms. The molecule has 0 aliphatic heterocycles. The van der Waals surface area contributed by atoms with Gasteiger partial charge in [0, 0.05) is 25.6 Å². The molecule has 2 amide bonds. The molecule has 4 nitrogen and oxygen atoms in total. The highest BCUT2D eigenvalue weighted by Gasteiger charge is 2.18. The quantitative estimate of drug-likeness (QED) is 0.820. The van der Waals surface area contributed by atoms with E-state index in [2.05, 4.69) is 12.2 Å². The highest BCUT2D eigenvalue weighted by molar-refractivity contribution is 6.33. The van der Waals surface area contributed by atoms with Gasteiger partial charge in [0.15, 0.2) is 0 Å². The predicted octanol–water partition coefficient (Wildman–Crippen LogP) is 4.59. The van der Waals surface area contributed by atoms with Crippen molar-refractivity contribution in [2.75, 3.05) is 16.8 Å². The molecule has 5 heteroatoms. The smallest absolute Gasteiger partial charge is 0.226 e. The van der Waals surface area contributed by atoms with Gasteiger partial charge in [0.25, 0.3) is 0 Å². The van der Waals surface area contributed by atoms with E-state index in [1.54, 1.807) is 23.1 Å². The van der Waals surface area contributed by atoms with Crippen LogP contribution < -0.4 is 10.2 Å². The zero-order chi connectivity index (χ0) is 18.4. The lowest BCUT2D eigenvalue weighted by Crippen LogP contribution is -2.33. The maximum absolute atomic E-state index is 12.3. The van der Waals surface area contributed by atoms with Gasteiger partial charge in [-0.3, -0.25) is 9.59 Å². The number of anilines is 2. The van der Waals surface area contributed by atoms with E-state index in [9.17, 15) is 9.59 Å². The first-order valence-corrected chi connectivity index (χ1v) is 8.72. The Kier molecular flexibility index (Phi) is 6.59. The molecule has 132 valence electrons. The van der Waals surface area contributed by atoms with Gasteiger partial charge in [-0.25, -0.2) is 0 Å². The molecule has 2 aromatic rings. The van der Waals surface area contributed by atoms with Crippen molar-refractivity contribution in [1.29, 1.82) is 0 Å². The number of carbonyl (C=O) groups is 2. The Balaban J connectivity index is 2.12. The second kappa shape index (κ2) is 8.67. The van der Waals surface area contributed by atoms with Crippen LogP contribution in [0.1, 0.15) is 31.4 Å². The molecule has 0 fully saturated rings. The molecular weight excluding hydrogens is 336 g/mol. The second-order valence-corrected chi connectivity index (χ2v) is 6.29. The van der Waals surface area contributed by atoms with E-state index >= 15 is 0 Å². The third kappa shape index (κ3) is 4.83. The lowest BCUT2D eigenvalue weighted by molar-refractivity contribution is -0.117. The highest BCUT2D eigenvalue weighted by Crippen LogP contribution is 2.26. The number of halogens is 1. The first kappa shape index (κ1) is 19.0. The van der Waals surface area contributed by atoms with E-state index in [4.69, 9.17) is 11.6 Å². The van der Waals surface area contributed by atoms with Crippen molar-refractivity contribution >= 4 is 34.8 Å². The Morgan fingerprint density at radius 1 is 1.12 bits per heavy atom. The fourth-order valence-corrected chi connectivity index (χ4v) is 2.99. The van der Waals surface area contributed by atoms with Gasteiger partial charge >= 0.3 is 0 Å². The minimum atomic E-state index is -0.175. The molecule has 0 heterocycles. The summed E-state index contributed by atoms with van der Waals surface area (Å²) in [5.41, 5.74) is 3.61. The third-order valence-corrected chi connectivity index (χ3v) is 4.39. The van der Waals surface area contributed by atoms with E-state index in [1.807, 2.05) is 31.2 Å². The lowest BCUT2D eigenvalue weighted by Gasteiger charge is -2.25. The third-order valence-electron chi connectivity index (χ3n) is 4.06. The molecule has 1 N–H and O–H groups in total. The monoisotopic (exact) mass is 358 g/mol. The molecule has 0 saturated carbocycles. The van der Waals surface area contributed by atoms with Crippen molar-refractivity contribution in [3.63, 3.8) is 0 Å². The van der Waals surface area contributed by atoms with Gasteiger partial charge < -0.3 is 10.2 Å². The van der Waals surface area contributed by atoms with Crippen LogP contribution in [0, 0.1) is 6.92 Å². The van der Waals surface area contributed by atoms with E-state index in [1.165, 1.54) is 6.92 Å². The van der Waals surface area contributed by atoms with Crippen molar-refractivity contribution < 1.29 is 9.59 Å². The summed E-state index contributed by atoms with van der Waals surface area (Å²) in [7, 11) is 0. The lowest BCUT2D eigenvalue weighted by atomic mass is 10.0. The number of rotatable bonds is 6. The van der Waals surface area contributed by atoms with Crippen LogP contribution in [0.2, 0.25) is 5.02 Å². The van der Waals surface area contributed by atoms with Crippen LogP contribution in [-0.4, -0.2) is 18.4 Å². The molecule has 0 aliphatic rings. The van der Waals surface area contributed by atoms with Crippen molar-refractivity contribution in [3.05, 3.63) is 58.6 Å². The van der Waals surface area contributed by atoms with Gasteiger partial charge in [0.1, 0.15) is 0 Å². The fourth-order valence-electron chi connectivity index (χ4n) is 2.81. The van der Waals surface area contributed by atoms with Crippen LogP contribution in [0.5, 0.6) is 0 Å². The summed E-state index contributed by atoms with van der Waals surface area (Å²) in [5.74, 6) is -0.250. The van der Waals surface area contributed by atoms with Gasteiger partial charge in [0.05, 0.1) is 10.7 Å². The Labute approximate surface area is 153 Å². The summed E-state index contributed by atoms with van der Waals surface area (Å²) in [6.07, 6.45) is 1.02. The minimum Gasteiger partial charge on any atom is -0.325 e. The summed E-state index contributed by atoms with van der Waals surface area (Å²) in [4.78, 5) is 26.1. The number of nitrogens with zero attached hydrogens (tertiary/aromatic N) is 1. The van der Waals surface area contributed by atoms with Gasteiger partial charge in [0.2, 0.25) is 11.8 Å². The number of amides is 2. The first-order chi connectivity index (χ1) is 11.9. The average molecular weight is 359 g/mol. The topological polar surface area (TPSA) is 49.4 Å². The Morgan fingerprint density at radius 2 is 1.84 bits per heavy atom. The van der Waals surface area contributed by atoms with Crippen molar-refractivity contribution in [3.8, 4) is 0 Å². The Bertz CT molecular complexity index is 774. The SMILES string of the molecule is CCc1cccc(C)c1N(CCC(=O)Nc1ccccc1Cl)C(C)=O. The van der Waals surface area contributed by atoms with E-state index in [-0.39, 0.29) is 18.2 Å². The molecule has 0 radical (unpaired) electrons. The molecule has 0 saturated heterocycles. The fraction of sp³-hybridized carbons (Fsp3) is 0.300. The summed E-state index contributed by atoms with van der Waals surface area (Å²) in [5, 5.41) is 3.28. The minimum absolute atomic E-state index is 0.0745. The van der Waals surface area contributed by atoms with Gasteiger partial charge in [-0.1, -0.05) is 48.9 Å². The number of nitrogens with one attached hydrogen (secondary N) is 1. The summed E-state index contributed by atoms with van der Waals surface area (Å²) in [6, 6.07) is 13.1. The zero-order valence-electron chi connectivity index (χ0n) is 14.8. The summed E-state index contributed by atoms with van der Waals surface area (Å²) in [6.45, 7) is 5.89. The van der Waals surface area contributed by atoms with Crippen LogP contribution in [0.15, 0.2) is 42.5 Å². The molecule has 2 rings (SSSR count). The van der Waals surface area contributed by atoms with E-state index in [0.29, 0.717) is 17.3 Å². The summed E-state index contributed by atoms with van der Waals surface area (Å²) < 4.78 is 0. The van der Waals surface area contributed by atoms with E-state index in [0.717, 1.165) is 23.2 Å². The van der Waals surface area contributed by atoms with Crippen LogP contribution in [0.25, 0.3) is 0 Å². The molecule has 0 aliphatic carbocycles. The number of aryl methyl sites for hydroxylation is 2. The zero-order valence-corrected chi connectivity index (χ0v) is 15.6. The molecule has 0 bridgehead atoms. The Morgan fingerprint density at radius 3 is 2.48 bits per heavy atom. The van der Waals surface area contributed by atoms with Crippen LogP contribution in [-0.2, 0) is 16.0 Å². The second-order valence-electron chi connectivity index (χ2n) is 5.88. The first-order valence-electron chi connectivity index (χ1n) is 8.35. The van der Waals surface area contributed by atoms with Gasteiger partial charge in [-0.2, -0.15) is 0 Å². The van der Waals surface area contributed by atoms with Crippen molar-refractivity contribution in [2.45, 2.75) is 33.6 Å². The van der Waals surface area contributed by atoms with Crippen molar-refractivity contribution in [1.82, 2.24) is 0 Å². The van der Waals surface area contributed by atoms with Gasteiger partial charge in [-0.05, 0) is 36.6 Å². The Hall–Kier alpha value is -2.33. The normalized spacial score (nSPS) is 10.4. The van der Waals surface area contributed by atoms with E-state index < -0.39 is 0 Å².